The molecule has 1 fully saturated rings. The van der Waals surface area contributed by atoms with Crippen LogP contribution in [-0.2, 0) is 4.74 Å². The van der Waals surface area contributed by atoms with E-state index in [9.17, 15) is 9.50 Å². The van der Waals surface area contributed by atoms with E-state index in [1.807, 2.05) is 6.92 Å². The fourth-order valence-electron chi connectivity index (χ4n) is 3.25. The molecule has 0 aliphatic heterocycles. The van der Waals surface area contributed by atoms with Crippen LogP contribution >= 0.6 is 0 Å². The van der Waals surface area contributed by atoms with Gasteiger partial charge in [0.25, 0.3) is 0 Å². The average Bonchev–Trinajstić information content (AvgIpc) is 2.68. The van der Waals surface area contributed by atoms with E-state index in [-0.39, 0.29) is 5.82 Å². The van der Waals surface area contributed by atoms with E-state index in [1.54, 1.807) is 19.1 Å². The molecule has 1 aliphatic carbocycles. The van der Waals surface area contributed by atoms with E-state index in [1.165, 1.54) is 18.9 Å². The Morgan fingerprint density at radius 3 is 2.45 bits per heavy atom. The Morgan fingerprint density at radius 1 is 1.25 bits per heavy atom. The summed E-state index contributed by atoms with van der Waals surface area (Å²) in [7, 11) is 0. The van der Waals surface area contributed by atoms with Gasteiger partial charge < -0.3 is 9.84 Å². The Hall–Kier alpha value is -0.930. The van der Waals surface area contributed by atoms with Crippen LogP contribution in [0, 0.1) is 12.7 Å². The zero-order valence-corrected chi connectivity index (χ0v) is 12.5. The molecular formula is C17H25FO2. The van der Waals surface area contributed by atoms with E-state index in [0.29, 0.717) is 12.2 Å². The van der Waals surface area contributed by atoms with Crippen LogP contribution in [-0.4, -0.2) is 17.3 Å². The SMILES string of the molecule is CCOC1(C(O)c2ccc(F)c(C)c2)CCCCCC1. The number of hydrogen-bond donors (Lipinski definition) is 1. The van der Waals surface area contributed by atoms with Crippen LogP contribution in [0.4, 0.5) is 4.39 Å². The third-order valence-electron chi connectivity index (χ3n) is 4.38. The lowest BCUT2D eigenvalue weighted by molar-refractivity contribution is -0.131. The maximum absolute atomic E-state index is 13.4. The second kappa shape index (κ2) is 6.68. The molecule has 2 rings (SSSR count). The number of rotatable bonds is 4. The highest BCUT2D eigenvalue weighted by molar-refractivity contribution is 5.27. The van der Waals surface area contributed by atoms with Crippen LogP contribution in [0.3, 0.4) is 0 Å². The summed E-state index contributed by atoms with van der Waals surface area (Å²) in [6.07, 6.45) is 5.62. The summed E-state index contributed by atoms with van der Waals surface area (Å²) >= 11 is 0. The van der Waals surface area contributed by atoms with Gasteiger partial charge in [-0.1, -0.05) is 37.8 Å². The quantitative estimate of drug-likeness (QED) is 0.833. The molecule has 0 spiro atoms. The van der Waals surface area contributed by atoms with Gasteiger partial charge in [-0.25, -0.2) is 4.39 Å². The van der Waals surface area contributed by atoms with Gasteiger partial charge in [0.15, 0.2) is 0 Å². The second-order valence-electron chi connectivity index (χ2n) is 5.82. The van der Waals surface area contributed by atoms with E-state index in [2.05, 4.69) is 0 Å². The molecule has 1 aromatic rings. The van der Waals surface area contributed by atoms with Crippen molar-refractivity contribution >= 4 is 0 Å². The van der Waals surface area contributed by atoms with Crippen LogP contribution in [0.2, 0.25) is 0 Å². The molecule has 1 aromatic carbocycles. The Kier molecular flexibility index (Phi) is 5.17. The molecule has 0 amide bonds. The largest absolute Gasteiger partial charge is 0.385 e. The van der Waals surface area contributed by atoms with Gasteiger partial charge in [0.05, 0.1) is 5.60 Å². The third kappa shape index (κ3) is 3.21. The monoisotopic (exact) mass is 280 g/mol. The summed E-state index contributed by atoms with van der Waals surface area (Å²) in [5.74, 6) is -0.229. The van der Waals surface area contributed by atoms with Gasteiger partial charge in [-0.15, -0.1) is 0 Å². The summed E-state index contributed by atoms with van der Waals surface area (Å²) in [6.45, 7) is 4.29. The van der Waals surface area contributed by atoms with Crippen LogP contribution in [0.15, 0.2) is 18.2 Å². The molecule has 1 aliphatic rings. The first-order chi connectivity index (χ1) is 9.59. The zero-order valence-electron chi connectivity index (χ0n) is 12.5. The molecular weight excluding hydrogens is 255 g/mol. The Labute approximate surface area is 121 Å². The lowest BCUT2D eigenvalue weighted by Crippen LogP contribution is -2.39. The molecule has 0 saturated heterocycles. The van der Waals surface area contributed by atoms with Gasteiger partial charge in [0.1, 0.15) is 11.9 Å². The zero-order chi connectivity index (χ0) is 14.6. The minimum absolute atomic E-state index is 0.229. The molecule has 1 N–H and O–H groups in total. The smallest absolute Gasteiger partial charge is 0.126 e. The molecule has 0 bridgehead atoms. The number of aryl methyl sites for hydroxylation is 1. The maximum atomic E-state index is 13.4. The molecule has 0 heterocycles. The molecule has 20 heavy (non-hydrogen) atoms. The topological polar surface area (TPSA) is 29.5 Å². The summed E-state index contributed by atoms with van der Waals surface area (Å²) < 4.78 is 19.4. The molecule has 0 aromatic heterocycles. The van der Waals surface area contributed by atoms with Crippen LogP contribution in [0.5, 0.6) is 0 Å². The first kappa shape index (κ1) is 15.5. The van der Waals surface area contributed by atoms with Gasteiger partial charge in [0, 0.05) is 6.61 Å². The Bertz CT molecular complexity index is 437. The fraction of sp³-hybridized carbons (Fsp3) is 0.647. The van der Waals surface area contributed by atoms with Crippen LogP contribution < -0.4 is 0 Å². The first-order valence-corrected chi connectivity index (χ1v) is 7.67. The van der Waals surface area contributed by atoms with Crippen molar-refractivity contribution in [3.63, 3.8) is 0 Å². The second-order valence-corrected chi connectivity index (χ2v) is 5.82. The number of benzene rings is 1. The number of halogens is 1. The van der Waals surface area contributed by atoms with E-state index >= 15 is 0 Å². The van der Waals surface area contributed by atoms with Gasteiger partial charge >= 0.3 is 0 Å². The summed E-state index contributed by atoms with van der Waals surface area (Å²) in [5.41, 5.74) is 0.830. The minimum atomic E-state index is -0.681. The molecule has 0 radical (unpaired) electrons. The van der Waals surface area contributed by atoms with Gasteiger partial charge in [-0.05, 0) is 43.9 Å². The highest BCUT2D eigenvalue weighted by Crippen LogP contribution is 2.40. The van der Waals surface area contributed by atoms with Gasteiger partial charge in [0.2, 0.25) is 0 Å². The van der Waals surface area contributed by atoms with Crippen LogP contribution in [0.1, 0.15) is 62.7 Å². The number of hydrogen-bond acceptors (Lipinski definition) is 2. The lowest BCUT2D eigenvalue weighted by atomic mass is 9.84. The van der Waals surface area contributed by atoms with E-state index < -0.39 is 11.7 Å². The maximum Gasteiger partial charge on any atom is 0.126 e. The van der Waals surface area contributed by atoms with Crippen molar-refractivity contribution in [2.45, 2.75) is 64.1 Å². The predicted octanol–water partition coefficient (Wildman–Crippen LogP) is 4.30. The number of ether oxygens (including phenoxy) is 1. The summed E-state index contributed by atoms with van der Waals surface area (Å²) in [6, 6.07) is 4.86. The third-order valence-corrected chi connectivity index (χ3v) is 4.38. The van der Waals surface area contributed by atoms with E-state index in [0.717, 1.165) is 31.2 Å². The van der Waals surface area contributed by atoms with Crippen molar-refractivity contribution < 1.29 is 14.2 Å². The molecule has 112 valence electrons. The lowest BCUT2D eigenvalue weighted by Gasteiger charge is -2.37. The number of aliphatic hydroxyl groups excluding tert-OH is 1. The molecule has 1 saturated carbocycles. The standard InChI is InChI=1S/C17H25FO2/c1-3-20-17(10-6-4-5-7-11-17)16(19)14-8-9-15(18)13(2)12-14/h8-9,12,16,19H,3-7,10-11H2,1-2H3. The molecule has 1 unspecified atom stereocenters. The van der Waals surface area contributed by atoms with Crippen molar-refractivity contribution in [2.75, 3.05) is 6.61 Å². The molecule has 2 nitrogen and oxygen atoms in total. The van der Waals surface area contributed by atoms with E-state index in [4.69, 9.17) is 4.74 Å². The Morgan fingerprint density at radius 2 is 1.90 bits per heavy atom. The Balaban J connectivity index is 2.29. The van der Waals surface area contributed by atoms with Crippen molar-refractivity contribution in [2.24, 2.45) is 0 Å². The van der Waals surface area contributed by atoms with Crippen molar-refractivity contribution in [1.82, 2.24) is 0 Å². The van der Waals surface area contributed by atoms with Crippen molar-refractivity contribution in [3.8, 4) is 0 Å². The molecule has 3 heteroatoms. The highest BCUT2D eigenvalue weighted by atomic mass is 19.1. The highest BCUT2D eigenvalue weighted by Gasteiger charge is 2.39. The van der Waals surface area contributed by atoms with Crippen molar-refractivity contribution in [3.05, 3.63) is 35.1 Å². The van der Waals surface area contributed by atoms with Crippen LogP contribution in [0.25, 0.3) is 0 Å². The molecule has 1 atom stereocenters. The van der Waals surface area contributed by atoms with Crippen molar-refractivity contribution in [1.29, 1.82) is 0 Å². The first-order valence-electron chi connectivity index (χ1n) is 7.67. The summed E-state index contributed by atoms with van der Waals surface area (Å²) in [5, 5.41) is 10.8. The van der Waals surface area contributed by atoms with Gasteiger partial charge in [-0.2, -0.15) is 0 Å². The summed E-state index contributed by atoms with van der Waals surface area (Å²) in [4.78, 5) is 0. The fourth-order valence-corrected chi connectivity index (χ4v) is 3.25. The van der Waals surface area contributed by atoms with Gasteiger partial charge in [-0.3, -0.25) is 0 Å². The normalized spacial score (nSPS) is 20.4. The number of aliphatic hydroxyl groups is 1. The minimum Gasteiger partial charge on any atom is -0.385 e. The average molecular weight is 280 g/mol. The predicted molar refractivity (Wildman–Crippen MR) is 78.2 cm³/mol.